The van der Waals surface area contributed by atoms with Crippen molar-refractivity contribution in [3.05, 3.63) is 64.2 Å². The zero-order valence-corrected chi connectivity index (χ0v) is 11.9. The normalized spacial score (nSPS) is 11.0. The van der Waals surface area contributed by atoms with Crippen molar-refractivity contribution >= 4 is 21.9 Å². The van der Waals surface area contributed by atoms with Crippen LogP contribution in [0.15, 0.2) is 48.5 Å². The van der Waals surface area contributed by atoms with Crippen molar-refractivity contribution in [1.82, 2.24) is 0 Å². The highest BCUT2D eigenvalue weighted by atomic mass is 32.3. The largest absolute Gasteiger partial charge is 0.488 e. The van der Waals surface area contributed by atoms with Crippen molar-refractivity contribution in [2.75, 3.05) is 5.32 Å². The zero-order chi connectivity index (χ0) is 16.2. The van der Waals surface area contributed by atoms with Crippen LogP contribution < -0.4 is 9.50 Å². The van der Waals surface area contributed by atoms with Crippen LogP contribution in [0.1, 0.15) is 5.56 Å². The Labute approximate surface area is 125 Å². The highest BCUT2D eigenvalue weighted by Gasteiger charge is 2.09. The lowest BCUT2D eigenvalue weighted by Crippen LogP contribution is -2.02. The van der Waals surface area contributed by atoms with Gasteiger partial charge in [0.1, 0.15) is 5.75 Å². The van der Waals surface area contributed by atoms with Gasteiger partial charge in [0.05, 0.1) is 4.92 Å². The van der Waals surface area contributed by atoms with Crippen LogP contribution in [0.25, 0.3) is 0 Å². The van der Waals surface area contributed by atoms with Gasteiger partial charge in [-0.1, -0.05) is 16.0 Å². The lowest BCUT2D eigenvalue weighted by molar-refractivity contribution is -0.384. The molecule has 0 spiro atoms. The Morgan fingerprint density at radius 2 is 1.86 bits per heavy atom. The highest BCUT2D eigenvalue weighted by molar-refractivity contribution is 7.81. The Hall–Kier alpha value is -2.68. The van der Waals surface area contributed by atoms with E-state index in [1.807, 2.05) is 0 Å². The van der Waals surface area contributed by atoms with Crippen LogP contribution in [-0.4, -0.2) is 13.3 Å². The number of rotatable bonds is 6. The Morgan fingerprint density at radius 3 is 2.45 bits per heavy atom. The van der Waals surface area contributed by atoms with E-state index in [4.69, 9.17) is 0 Å². The van der Waals surface area contributed by atoms with Gasteiger partial charge in [0.15, 0.2) is 0 Å². The van der Waals surface area contributed by atoms with Gasteiger partial charge in [-0.05, 0) is 29.8 Å². The fourth-order valence-corrected chi connectivity index (χ4v) is 2.07. The van der Waals surface area contributed by atoms with Crippen molar-refractivity contribution in [1.29, 1.82) is 0 Å². The lowest BCUT2D eigenvalue weighted by Gasteiger charge is -2.07. The number of hydrogen-bond acceptors (Lipinski definition) is 6. The molecule has 2 aromatic carbocycles. The molecule has 1 N–H and O–H groups in total. The number of benzene rings is 2. The third kappa shape index (κ3) is 4.70. The highest BCUT2D eigenvalue weighted by Crippen LogP contribution is 2.19. The average molecular weight is 326 g/mol. The second kappa shape index (κ2) is 6.39. The number of nitro benzene ring substituents is 1. The van der Waals surface area contributed by atoms with Gasteiger partial charge in [0.25, 0.3) is 5.69 Å². The summed E-state index contributed by atoms with van der Waals surface area (Å²) in [5.41, 5.74) is 1.33. The van der Waals surface area contributed by atoms with Crippen LogP contribution in [0, 0.1) is 10.1 Å². The minimum Gasteiger partial charge on any atom is -0.381 e. The molecule has 2 aromatic rings. The molecular formula is C13H11FN2O5S. The molecule has 0 aliphatic carbocycles. The van der Waals surface area contributed by atoms with Gasteiger partial charge in [-0.15, -0.1) is 0 Å². The maximum absolute atomic E-state index is 12.3. The van der Waals surface area contributed by atoms with Crippen LogP contribution in [0.5, 0.6) is 5.75 Å². The fraction of sp³-hybridized carbons (Fsp3) is 0.0769. The Bertz CT molecular complexity index is 777. The molecule has 0 saturated carbocycles. The predicted molar refractivity (Wildman–Crippen MR) is 77.5 cm³/mol. The van der Waals surface area contributed by atoms with Crippen LogP contribution in [0.2, 0.25) is 0 Å². The fourth-order valence-electron chi connectivity index (χ4n) is 1.73. The molecule has 7 nitrogen and oxygen atoms in total. The summed E-state index contributed by atoms with van der Waals surface area (Å²) in [4.78, 5) is 10.2. The molecule has 0 unspecified atom stereocenters. The number of hydrogen-bond donors (Lipinski definition) is 1. The molecule has 9 heteroatoms. The molecule has 0 fully saturated rings. The van der Waals surface area contributed by atoms with Crippen molar-refractivity contribution in [2.45, 2.75) is 6.54 Å². The summed E-state index contributed by atoms with van der Waals surface area (Å²) in [5.74, 6) is -0.150. The summed E-state index contributed by atoms with van der Waals surface area (Å²) in [6.07, 6.45) is 0. The van der Waals surface area contributed by atoms with Crippen molar-refractivity contribution in [3.8, 4) is 5.75 Å². The first-order valence-corrected chi connectivity index (χ1v) is 7.36. The van der Waals surface area contributed by atoms with E-state index < -0.39 is 15.4 Å². The molecule has 0 saturated heterocycles. The van der Waals surface area contributed by atoms with Gasteiger partial charge in [-0.2, -0.15) is 8.42 Å². The average Bonchev–Trinajstić information content (AvgIpc) is 2.45. The first kappa shape index (κ1) is 15.7. The number of nitro groups is 1. The minimum absolute atomic E-state index is 0.00352. The Kier molecular flexibility index (Phi) is 4.56. The first-order chi connectivity index (χ1) is 10.3. The van der Waals surface area contributed by atoms with Gasteiger partial charge in [-0.3, -0.25) is 10.1 Å². The third-order valence-corrected chi connectivity index (χ3v) is 3.06. The van der Waals surface area contributed by atoms with Gasteiger partial charge in [-0.25, -0.2) is 0 Å². The summed E-state index contributed by atoms with van der Waals surface area (Å²) in [5, 5.41) is 13.7. The van der Waals surface area contributed by atoms with Crippen LogP contribution in [0.4, 0.5) is 15.3 Å². The number of non-ortho nitro benzene ring substituents is 1. The number of halogens is 1. The molecule has 0 atom stereocenters. The predicted octanol–water partition coefficient (Wildman–Crippen LogP) is 2.80. The Balaban J connectivity index is 2.00. The van der Waals surface area contributed by atoms with Gasteiger partial charge in [0, 0.05) is 24.4 Å². The Morgan fingerprint density at radius 1 is 1.18 bits per heavy atom. The maximum atomic E-state index is 12.3. The standard InChI is InChI=1S/C13H11FN2O5S/c14-22(19,20)21-13-6-4-11(5-7-13)15-9-10-2-1-3-12(8-10)16(17)18/h1-8,15H,9H2. The van der Waals surface area contributed by atoms with E-state index in [0.29, 0.717) is 17.8 Å². The van der Waals surface area contributed by atoms with E-state index in [0.717, 1.165) is 0 Å². The second-order valence-corrected chi connectivity index (χ2v) is 5.23. The van der Waals surface area contributed by atoms with E-state index in [9.17, 15) is 22.4 Å². The molecule has 22 heavy (non-hydrogen) atoms. The summed E-state index contributed by atoms with van der Waals surface area (Å²) < 4.78 is 37.0. The van der Waals surface area contributed by atoms with Crippen molar-refractivity contribution < 1.29 is 21.4 Å². The van der Waals surface area contributed by atoms with E-state index in [1.165, 1.54) is 36.4 Å². The lowest BCUT2D eigenvalue weighted by atomic mass is 10.2. The molecule has 0 radical (unpaired) electrons. The number of nitrogens with zero attached hydrogens (tertiary/aromatic N) is 1. The summed E-state index contributed by atoms with van der Waals surface area (Å²) >= 11 is 0. The zero-order valence-electron chi connectivity index (χ0n) is 11.1. The molecule has 0 aliphatic rings. The second-order valence-electron chi connectivity index (χ2n) is 4.28. The quantitative estimate of drug-likeness (QED) is 0.498. The van der Waals surface area contributed by atoms with E-state index >= 15 is 0 Å². The molecule has 0 heterocycles. The SMILES string of the molecule is O=[N+]([O-])c1cccc(CNc2ccc(OS(=O)(=O)F)cc2)c1. The van der Waals surface area contributed by atoms with Crippen LogP contribution in [-0.2, 0) is 17.0 Å². The molecule has 0 aliphatic heterocycles. The van der Waals surface area contributed by atoms with E-state index in [1.54, 1.807) is 12.1 Å². The third-order valence-electron chi connectivity index (χ3n) is 2.67. The monoisotopic (exact) mass is 326 g/mol. The summed E-state index contributed by atoms with van der Waals surface area (Å²) in [6.45, 7) is 0.337. The molecule has 0 bridgehead atoms. The van der Waals surface area contributed by atoms with Gasteiger partial charge >= 0.3 is 10.5 Å². The molecule has 0 amide bonds. The van der Waals surface area contributed by atoms with E-state index in [2.05, 4.69) is 9.50 Å². The number of anilines is 1. The molecule has 116 valence electrons. The minimum atomic E-state index is -5.04. The first-order valence-electron chi connectivity index (χ1n) is 6.05. The van der Waals surface area contributed by atoms with Crippen LogP contribution in [0.3, 0.4) is 0 Å². The molecule has 0 aromatic heterocycles. The molecule has 2 rings (SSSR count). The summed E-state index contributed by atoms with van der Waals surface area (Å²) in [6, 6.07) is 11.7. The van der Waals surface area contributed by atoms with Gasteiger partial charge in [0.2, 0.25) is 0 Å². The topological polar surface area (TPSA) is 98.5 Å². The maximum Gasteiger partial charge on any atom is 0.488 e. The van der Waals surface area contributed by atoms with Gasteiger partial charge < -0.3 is 9.50 Å². The molecular weight excluding hydrogens is 315 g/mol. The number of nitrogens with one attached hydrogen (secondary N) is 1. The van der Waals surface area contributed by atoms with Crippen molar-refractivity contribution in [3.63, 3.8) is 0 Å². The smallest absolute Gasteiger partial charge is 0.381 e. The van der Waals surface area contributed by atoms with Crippen molar-refractivity contribution in [2.24, 2.45) is 0 Å². The van der Waals surface area contributed by atoms with Crippen LogP contribution >= 0.6 is 0 Å². The van der Waals surface area contributed by atoms with E-state index in [-0.39, 0.29) is 11.4 Å². The summed E-state index contributed by atoms with van der Waals surface area (Å²) in [7, 11) is -5.04.